The van der Waals surface area contributed by atoms with Gasteiger partial charge in [0.2, 0.25) is 0 Å². The Hall–Kier alpha value is -3.98. The van der Waals surface area contributed by atoms with Crippen LogP contribution in [-0.2, 0) is 5.41 Å². The summed E-state index contributed by atoms with van der Waals surface area (Å²) in [5, 5.41) is 5.36. The molecule has 0 radical (unpaired) electrons. The molecule has 10 rings (SSSR count). The van der Waals surface area contributed by atoms with Gasteiger partial charge in [-0.1, -0.05) is 98.6 Å². The molecule has 0 saturated heterocycles. The van der Waals surface area contributed by atoms with Crippen molar-refractivity contribution in [3.05, 3.63) is 96.6 Å². The van der Waals surface area contributed by atoms with Crippen LogP contribution in [0.5, 0.6) is 0 Å². The van der Waals surface area contributed by atoms with Crippen LogP contribution in [0.1, 0.15) is 45.1 Å². The summed E-state index contributed by atoms with van der Waals surface area (Å²) >= 11 is 0. The number of aromatic nitrogens is 1. The van der Waals surface area contributed by atoms with Crippen LogP contribution >= 0.6 is 0 Å². The monoisotopic (exact) mass is 500 g/mol. The highest BCUT2D eigenvalue weighted by Gasteiger charge is 2.60. The third-order valence-electron chi connectivity index (χ3n) is 11.3. The fraction of sp³-hybridized carbons (Fsp3) is 0.222. The first-order chi connectivity index (χ1) is 19.1. The molecule has 3 heteroatoms. The molecule has 1 fully saturated rings. The Morgan fingerprint density at radius 1 is 0.641 bits per heavy atom. The van der Waals surface area contributed by atoms with Crippen molar-refractivity contribution in [1.82, 2.24) is 4.57 Å². The first-order valence-electron chi connectivity index (χ1n) is 14.6. The van der Waals surface area contributed by atoms with Crippen LogP contribution < -0.4 is 21.3 Å². The predicted molar refractivity (Wildman–Crippen MR) is 166 cm³/mol. The zero-order valence-corrected chi connectivity index (χ0v) is 22.5. The second-order valence-corrected chi connectivity index (χ2v) is 12.8. The van der Waals surface area contributed by atoms with E-state index in [0.717, 1.165) is 0 Å². The van der Waals surface area contributed by atoms with E-state index in [1.165, 1.54) is 91.7 Å². The summed E-state index contributed by atoms with van der Waals surface area (Å²) < 4.78 is 2.62. The van der Waals surface area contributed by atoms with Gasteiger partial charge in [-0.15, -0.1) is 0 Å². The minimum atomic E-state index is 0.0848. The van der Waals surface area contributed by atoms with Crippen molar-refractivity contribution >= 4 is 67.1 Å². The van der Waals surface area contributed by atoms with E-state index in [2.05, 4.69) is 114 Å². The Morgan fingerprint density at radius 3 is 2.33 bits per heavy atom. The lowest BCUT2D eigenvalue weighted by Crippen LogP contribution is -2.64. The van der Waals surface area contributed by atoms with Gasteiger partial charge < -0.3 is 9.47 Å². The number of hydrogen-bond acceptors (Lipinski definition) is 1. The zero-order chi connectivity index (χ0) is 25.7. The van der Waals surface area contributed by atoms with Crippen LogP contribution in [0, 0.1) is 0 Å². The largest absolute Gasteiger partial charge is 0.335 e. The van der Waals surface area contributed by atoms with Crippen LogP contribution in [0.25, 0.3) is 38.3 Å². The lowest BCUT2D eigenvalue weighted by Gasteiger charge is -2.52. The molecule has 1 aromatic heterocycles. The van der Waals surface area contributed by atoms with Gasteiger partial charge in [0, 0.05) is 44.2 Å². The summed E-state index contributed by atoms with van der Waals surface area (Å²) in [5.74, 6) is 0. The van der Waals surface area contributed by atoms with Gasteiger partial charge in [0.1, 0.15) is 0 Å². The molecule has 4 aliphatic rings. The molecule has 5 aromatic carbocycles. The summed E-state index contributed by atoms with van der Waals surface area (Å²) in [6.45, 7) is 5.37. The molecule has 6 aromatic rings. The van der Waals surface area contributed by atoms with Gasteiger partial charge >= 0.3 is 0 Å². The highest BCUT2D eigenvalue weighted by molar-refractivity contribution is 7.00. The highest BCUT2D eigenvalue weighted by Crippen LogP contribution is 2.61. The molecule has 2 unspecified atom stereocenters. The van der Waals surface area contributed by atoms with Gasteiger partial charge in [-0.2, -0.15) is 0 Å². The molecule has 1 aliphatic carbocycles. The molecule has 0 N–H and O–H groups in total. The topological polar surface area (TPSA) is 8.17 Å². The molecule has 0 spiro atoms. The van der Waals surface area contributed by atoms with Crippen molar-refractivity contribution in [3.63, 3.8) is 0 Å². The molecule has 4 heterocycles. The minimum Gasteiger partial charge on any atom is -0.335 e. The average Bonchev–Trinajstić information content (AvgIpc) is 3.42. The van der Waals surface area contributed by atoms with Gasteiger partial charge in [-0.05, 0) is 59.2 Å². The van der Waals surface area contributed by atoms with Crippen LogP contribution in [0.4, 0.5) is 11.4 Å². The summed E-state index contributed by atoms with van der Waals surface area (Å²) in [6, 6.07) is 34.9. The molecule has 1 saturated carbocycles. The number of benzene rings is 5. The third-order valence-corrected chi connectivity index (χ3v) is 11.3. The standard InChI is InChI=1S/C36H29BN2/c1-35-20-5-6-21-36(35,2)39-30-17-9-16-29-31(30)37(28-15-8-13-26(35)34(28)39)27-14-7-12-24-25-19-18-22-10-3-4-11-23(22)32(25)38(29)33(24)27/h3-4,7-19H,5-6,20-21H2,1-2H3. The molecule has 0 bridgehead atoms. The van der Waals surface area contributed by atoms with Crippen molar-refractivity contribution in [2.45, 2.75) is 50.5 Å². The SMILES string of the molecule is CC12CCCCC1(C)N1c3cccc4c3B(c3cccc2c31)c1cccc2c3ccc5ccccc5c3n-4c12. The van der Waals surface area contributed by atoms with Gasteiger partial charge in [0.15, 0.2) is 0 Å². The quantitative estimate of drug-likeness (QED) is 0.208. The maximum atomic E-state index is 2.81. The molecule has 2 atom stereocenters. The third kappa shape index (κ3) is 2.13. The van der Waals surface area contributed by atoms with Crippen LogP contribution in [0.3, 0.4) is 0 Å². The number of anilines is 2. The molecule has 0 amide bonds. The smallest absolute Gasteiger partial charge is 0.252 e. The first kappa shape index (κ1) is 20.9. The zero-order valence-electron chi connectivity index (χ0n) is 22.5. The molecular weight excluding hydrogens is 471 g/mol. The van der Waals surface area contributed by atoms with Gasteiger partial charge in [0.05, 0.1) is 11.1 Å². The van der Waals surface area contributed by atoms with Crippen molar-refractivity contribution in [2.75, 3.05) is 4.90 Å². The van der Waals surface area contributed by atoms with E-state index in [0.29, 0.717) is 0 Å². The van der Waals surface area contributed by atoms with Gasteiger partial charge in [0.25, 0.3) is 6.71 Å². The lowest BCUT2D eigenvalue weighted by atomic mass is 9.34. The van der Waals surface area contributed by atoms with E-state index in [1.54, 1.807) is 5.56 Å². The molecule has 186 valence electrons. The number of nitrogens with zero attached hydrogens (tertiary/aromatic N) is 2. The van der Waals surface area contributed by atoms with E-state index in [9.17, 15) is 0 Å². The van der Waals surface area contributed by atoms with Crippen LogP contribution in [0.2, 0.25) is 0 Å². The van der Waals surface area contributed by atoms with E-state index >= 15 is 0 Å². The molecule has 2 nitrogen and oxygen atoms in total. The minimum absolute atomic E-state index is 0.0848. The summed E-state index contributed by atoms with van der Waals surface area (Å²) in [5.41, 5.74) is 13.3. The van der Waals surface area contributed by atoms with Crippen LogP contribution in [0.15, 0.2) is 91.0 Å². The number of para-hydroxylation sites is 2. The summed E-state index contributed by atoms with van der Waals surface area (Å²) in [4.78, 5) is 2.81. The number of fused-ring (bicyclic) bond motifs is 12. The highest BCUT2D eigenvalue weighted by atomic mass is 15.3. The Bertz CT molecular complexity index is 2090. The fourth-order valence-electron chi connectivity index (χ4n) is 9.43. The van der Waals surface area contributed by atoms with Gasteiger partial charge in [-0.3, -0.25) is 0 Å². The average molecular weight is 500 g/mol. The Kier molecular flexibility index (Phi) is 3.54. The number of hydrogen-bond donors (Lipinski definition) is 0. The van der Waals surface area contributed by atoms with E-state index in [4.69, 9.17) is 0 Å². The second kappa shape index (κ2) is 6.59. The predicted octanol–water partition coefficient (Wildman–Crippen LogP) is 6.82. The van der Waals surface area contributed by atoms with Crippen LogP contribution in [-0.4, -0.2) is 16.8 Å². The van der Waals surface area contributed by atoms with Crippen molar-refractivity contribution in [3.8, 4) is 5.69 Å². The van der Waals surface area contributed by atoms with Crippen molar-refractivity contribution < 1.29 is 0 Å². The van der Waals surface area contributed by atoms with E-state index < -0.39 is 0 Å². The normalized spacial score (nSPS) is 23.8. The van der Waals surface area contributed by atoms with Crippen molar-refractivity contribution in [1.29, 1.82) is 0 Å². The summed E-state index contributed by atoms with van der Waals surface area (Å²) in [6.07, 6.45) is 5.14. The van der Waals surface area contributed by atoms with Gasteiger partial charge in [-0.25, -0.2) is 0 Å². The summed E-state index contributed by atoms with van der Waals surface area (Å²) in [7, 11) is 0. The van der Waals surface area contributed by atoms with Crippen molar-refractivity contribution in [2.24, 2.45) is 0 Å². The first-order valence-corrected chi connectivity index (χ1v) is 14.6. The maximum Gasteiger partial charge on any atom is 0.252 e. The second-order valence-electron chi connectivity index (χ2n) is 12.8. The number of rotatable bonds is 0. The Labute approximate surface area is 228 Å². The molecule has 3 aliphatic heterocycles. The lowest BCUT2D eigenvalue weighted by molar-refractivity contribution is 0.195. The van der Waals surface area contributed by atoms with E-state index in [-0.39, 0.29) is 17.7 Å². The Morgan fingerprint density at radius 2 is 1.38 bits per heavy atom. The Balaban J connectivity index is 1.42. The van der Waals surface area contributed by atoms with E-state index in [1.807, 2.05) is 0 Å². The molecular formula is C36H29BN2. The fourth-order valence-corrected chi connectivity index (χ4v) is 9.43. The maximum absolute atomic E-state index is 2.81. The molecule has 39 heavy (non-hydrogen) atoms.